The number of benzene rings is 7. The van der Waals surface area contributed by atoms with Gasteiger partial charge in [0.05, 0.1) is 98.0 Å². The van der Waals surface area contributed by atoms with Gasteiger partial charge in [-0.05, 0) is 231 Å². The largest absolute Gasteiger partial charge is 0.285 e. The fourth-order valence-corrected chi connectivity index (χ4v) is 22.6. The number of aromatic amines is 4. The third-order valence-electron chi connectivity index (χ3n) is 23.7. The van der Waals surface area contributed by atoms with Gasteiger partial charge in [-0.2, -0.15) is 63.3 Å². The smallest absolute Gasteiger partial charge is 0.244 e. The number of hydrogen-bond donors (Lipinski definition) is 4. The van der Waals surface area contributed by atoms with Crippen molar-refractivity contribution in [2.45, 2.75) is 97.1 Å². The summed E-state index contributed by atoms with van der Waals surface area (Å²) in [6.45, 7) is 7.02. The second-order valence-corrected chi connectivity index (χ2v) is 39.7. The van der Waals surface area contributed by atoms with Crippen molar-refractivity contribution in [3.05, 3.63) is 261 Å². The number of rotatable bonds is 20. The van der Waals surface area contributed by atoms with E-state index in [2.05, 4.69) is 139 Å². The molecule has 0 spiro atoms. The Labute approximate surface area is 720 Å². The van der Waals surface area contributed by atoms with E-state index in [-0.39, 0.29) is 14.7 Å². The van der Waals surface area contributed by atoms with Gasteiger partial charge in [0.25, 0.3) is 0 Å². The van der Waals surface area contributed by atoms with Crippen molar-refractivity contribution < 1.29 is 38.1 Å². The highest BCUT2D eigenvalue weighted by Gasteiger charge is 2.35. The van der Waals surface area contributed by atoms with Crippen molar-refractivity contribution in [2.24, 2.45) is 23.7 Å². The maximum Gasteiger partial charge on any atom is 0.244 e. The molecule has 4 saturated heterocycles. The first kappa shape index (κ1) is 84.0. The Kier molecular flexibility index (Phi) is 24.8. The summed E-state index contributed by atoms with van der Waals surface area (Å²) in [5.74, 6) is 1.03. The van der Waals surface area contributed by atoms with Crippen molar-refractivity contribution in [1.29, 1.82) is 5.26 Å². The van der Waals surface area contributed by atoms with Gasteiger partial charge in [-0.15, -0.1) is 0 Å². The minimum absolute atomic E-state index is 0.138. The van der Waals surface area contributed by atoms with E-state index < -0.39 is 45.9 Å². The molecule has 4 N–H and O–H groups in total. The molecule has 4 aliphatic heterocycles. The number of H-pyrrole nitrogens is 4. The summed E-state index contributed by atoms with van der Waals surface area (Å²) < 4.78 is 130. The van der Waals surface area contributed by atoms with Crippen molar-refractivity contribution >= 4 is 95.3 Å². The van der Waals surface area contributed by atoms with Crippen molar-refractivity contribution in [1.82, 2.24) is 102 Å². The molecular formula is C88H88ClFN22O8S4. The van der Waals surface area contributed by atoms with E-state index in [1.807, 2.05) is 74.4 Å². The molecule has 9 aromatic heterocycles. The first-order chi connectivity index (χ1) is 60.2. The van der Waals surface area contributed by atoms with Gasteiger partial charge >= 0.3 is 0 Å². The quantitative estimate of drug-likeness (QED) is 0.0550. The summed E-state index contributed by atoms with van der Waals surface area (Å²) in [5.41, 5.74) is 13.3. The zero-order valence-corrected chi connectivity index (χ0v) is 71.3. The molecule has 13 heterocycles. The summed E-state index contributed by atoms with van der Waals surface area (Å²) in [5, 5.41) is 59.4. The van der Waals surface area contributed by atoms with E-state index in [0.29, 0.717) is 91.5 Å². The summed E-state index contributed by atoms with van der Waals surface area (Å²) >= 11 is 5.89. The second-order valence-electron chi connectivity index (χ2n) is 31.5. The van der Waals surface area contributed by atoms with Crippen LogP contribution in [0.2, 0.25) is 5.02 Å². The molecule has 36 heteroatoms. The summed E-state index contributed by atoms with van der Waals surface area (Å²) in [4.78, 5) is 4.87. The monoisotopic (exact) mass is 1760 g/mol. The first-order valence-corrected chi connectivity index (χ1v) is 47.0. The van der Waals surface area contributed by atoms with Gasteiger partial charge in [-0.25, -0.2) is 38.1 Å². The van der Waals surface area contributed by atoms with Crippen LogP contribution in [0.3, 0.4) is 0 Å². The van der Waals surface area contributed by atoms with Crippen molar-refractivity contribution in [2.75, 3.05) is 52.4 Å². The number of fused-ring (bicyclic) bond motifs is 4. The van der Waals surface area contributed by atoms with E-state index in [0.717, 1.165) is 166 Å². The molecule has 636 valence electrons. The van der Waals surface area contributed by atoms with Gasteiger partial charge in [-0.3, -0.25) is 44.1 Å². The van der Waals surface area contributed by atoms with Crippen LogP contribution in [0.15, 0.2) is 264 Å². The van der Waals surface area contributed by atoms with Gasteiger partial charge < -0.3 is 0 Å². The van der Waals surface area contributed by atoms with Crippen LogP contribution in [0.25, 0.3) is 88.1 Å². The molecule has 20 rings (SSSR count). The molecule has 124 heavy (non-hydrogen) atoms. The second kappa shape index (κ2) is 36.7. The maximum absolute atomic E-state index is 13.1. The third kappa shape index (κ3) is 18.7. The van der Waals surface area contributed by atoms with Crippen LogP contribution in [0.5, 0.6) is 0 Å². The lowest BCUT2D eigenvalue weighted by Gasteiger charge is -2.31. The highest BCUT2D eigenvalue weighted by Crippen LogP contribution is 2.35. The molecular weight excluding hydrogens is 1680 g/mol. The highest BCUT2D eigenvalue weighted by molar-refractivity contribution is 7.90. The fourth-order valence-electron chi connectivity index (χ4n) is 16.6. The Hall–Kier alpha value is -12.2. The lowest BCUT2D eigenvalue weighted by Crippen LogP contribution is -2.39. The van der Waals surface area contributed by atoms with Crippen LogP contribution >= 0.6 is 11.6 Å². The number of nitrogens with one attached hydrogen (secondary N) is 4. The molecule has 0 unspecified atom stereocenters. The zero-order chi connectivity index (χ0) is 85.5. The van der Waals surface area contributed by atoms with Crippen LogP contribution in [0.4, 0.5) is 4.39 Å². The lowest BCUT2D eigenvalue weighted by atomic mass is 9.98. The number of nitriles is 1. The summed E-state index contributed by atoms with van der Waals surface area (Å²) in [7, 11) is -14.1. The van der Waals surface area contributed by atoms with Crippen LogP contribution in [-0.4, -0.2) is 188 Å². The van der Waals surface area contributed by atoms with Gasteiger partial charge in [0.2, 0.25) is 40.1 Å². The molecule has 4 fully saturated rings. The van der Waals surface area contributed by atoms with Gasteiger partial charge in [0.15, 0.2) is 0 Å². The highest BCUT2D eigenvalue weighted by atomic mass is 35.5. The summed E-state index contributed by atoms with van der Waals surface area (Å²) in [6.07, 6.45) is 31.5. The van der Waals surface area contributed by atoms with E-state index in [4.69, 9.17) is 16.9 Å². The molecule has 30 nitrogen and oxygen atoms in total. The standard InChI is InChI=1S/C23H22N6O2S.C22H22ClN5O2S.C22H22FN5O2S.C21H22N6O2S/c24-12-17-1-4-22(5-2-17)32(30,31)28-9-7-18(8-10-28)16-29-23-6-3-19(11-20(23)15-27-29)21-13-25-26-14-21;2*23-20-2-4-21(5-3-20)31(29,30)27-9-7-16(8-10-27)15-28-22-6-1-17(11-18(22)14-26-28)19-12-24-25-13-19;28-30(29,20-2-1-7-22-14-20)26-8-5-16(6-9-26)15-27-21-4-3-17(10-18(21)13-25-27)19-11-23-24-12-19/h1-6,11,13-15,18H,7-10,16H2,(H,25,26);2*1-6,11-14,16H,7-10,15H2,(H,24,25);1-4,7,10-14,16H,5-6,8-9,15H2,(H,23,24). The van der Waals surface area contributed by atoms with E-state index in [1.54, 1.807) is 92.4 Å². The van der Waals surface area contributed by atoms with Crippen LogP contribution in [0.1, 0.15) is 56.9 Å². The van der Waals surface area contributed by atoms with E-state index >= 15 is 0 Å². The van der Waals surface area contributed by atoms with E-state index in [1.165, 1.54) is 46.9 Å². The molecule has 0 radical (unpaired) electrons. The van der Waals surface area contributed by atoms with Gasteiger partial charge in [0, 0.05) is 165 Å². The molecule has 16 aromatic rings. The van der Waals surface area contributed by atoms with Crippen molar-refractivity contribution in [3.63, 3.8) is 0 Å². The van der Waals surface area contributed by atoms with E-state index in [9.17, 15) is 38.1 Å². The Morgan fingerprint density at radius 1 is 0.347 bits per heavy atom. The molecule has 4 aliphatic rings. The third-order valence-corrected chi connectivity index (χ3v) is 31.6. The van der Waals surface area contributed by atoms with Crippen LogP contribution in [0, 0.1) is 40.8 Å². The molecule has 0 aliphatic carbocycles. The zero-order valence-electron chi connectivity index (χ0n) is 67.3. The van der Waals surface area contributed by atoms with Crippen molar-refractivity contribution in [3.8, 4) is 50.6 Å². The van der Waals surface area contributed by atoms with Gasteiger partial charge in [0.1, 0.15) is 10.7 Å². The molecule has 0 amide bonds. The van der Waals surface area contributed by atoms with Gasteiger partial charge in [-0.1, -0.05) is 35.9 Å². The minimum Gasteiger partial charge on any atom is -0.285 e. The normalized spacial score (nSPS) is 16.1. The fraction of sp³-hybridized carbons (Fsp3) is 0.273. The molecule has 7 aromatic carbocycles. The lowest BCUT2D eigenvalue weighted by molar-refractivity contribution is 0.249. The Morgan fingerprint density at radius 3 is 0.895 bits per heavy atom. The average Bonchev–Trinajstić information content (AvgIpc) is 1.80. The number of halogens is 2. The van der Waals surface area contributed by atoms with Crippen LogP contribution < -0.4 is 0 Å². The molecule has 0 atom stereocenters. The number of aromatic nitrogens is 17. The molecule has 0 bridgehead atoms. The first-order valence-electron chi connectivity index (χ1n) is 40.9. The Bertz CT molecular complexity index is 6660. The predicted molar refractivity (Wildman–Crippen MR) is 468 cm³/mol. The number of piperidine rings is 4. The summed E-state index contributed by atoms with van der Waals surface area (Å²) in [6, 6.07) is 47.8. The predicted octanol–water partition coefficient (Wildman–Crippen LogP) is 14.2. The Balaban J connectivity index is 0.000000117. The van der Waals surface area contributed by atoms with Crippen LogP contribution in [-0.2, 0) is 66.3 Å². The number of nitrogens with zero attached hydrogens (tertiary/aromatic N) is 18. The number of pyridine rings is 1. The number of sulfonamides is 4. The minimum atomic E-state index is -3.59. The Morgan fingerprint density at radius 2 is 0.629 bits per heavy atom. The average molecular weight is 1760 g/mol. The topological polar surface area (TPSA) is 372 Å². The number of hydrogen-bond acceptors (Lipinski definition) is 18. The maximum atomic E-state index is 13.1. The SMILES string of the molecule is N#Cc1ccc(S(=O)(=O)N2CCC(Cn3ncc4cc(-c5cn[nH]c5)ccc43)CC2)cc1.O=S(=O)(c1ccc(Cl)cc1)N1CCC(Cn2ncc3cc(-c4cn[nH]c4)ccc32)CC1.O=S(=O)(c1ccc(F)cc1)N1CCC(Cn2ncc3cc(-c4cn[nH]c4)ccc32)CC1.O=S(=O)(c1cccnc1)N1CCC(Cn2ncc3cc(-c4cn[nH]c4)ccc32)CC1. The molecule has 0 saturated carbocycles.